The predicted molar refractivity (Wildman–Crippen MR) is 147 cm³/mol. The molecule has 0 fully saturated rings. The molecule has 0 aliphatic carbocycles. The van der Waals surface area contributed by atoms with Gasteiger partial charge in [0.2, 0.25) is 0 Å². The lowest BCUT2D eigenvalue weighted by Gasteiger charge is -2.15. The fourth-order valence-corrected chi connectivity index (χ4v) is 5.34. The maximum Gasteiger partial charge on any atom is 0.341 e. The standard InChI is InChI=1S/C30H23FN2O4S/c1-17-25(22-6-4-5-7-24(22)32-27(17)19-10-14-21(36-2)15-11-19)28(34)33-29-26(30(35)37-3)23(16-38-29)18-8-12-20(31)13-9-18/h4-16H,1-3H3,(H,33,34). The maximum absolute atomic E-state index is 13.8. The van der Waals surface area contributed by atoms with E-state index in [9.17, 15) is 14.0 Å². The minimum absolute atomic E-state index is 0.212. The molecule has 3 aromatic carbocycles. The third-order valence-corrected chi connectivity index (χ3v) is 7.18. The van der Waals surface area contributed by atoms with E-state index in [1.165, 1.54) is 30.6 Å². The fourth-order valence-electron chi connectivity index (χ4n) is 4.39. The number of amides is 1. The van der Waals surface area contributed by atoms with Crippen LogP contribution in [0.4, 0.5) is 9.39 Å². The Kier molecular flexibility index (Phi) is 6.89. The summed E-state index contributed by atoms with van der Waals surface area (Å²) in [5.74, 6) is -0.649. The quantitative estimate of drug-likeness (QED) is 0.238. The third-order valence-electron chi connectivity index (χ3n) is 6.29. The number of fused-ring (bicyclic) bond motifs is 1. The van der Waals surface area contributed by atoms with Gasteiger partial charge in [0.1, 0.15) is 22.1 Å². The highest BCUT2D eigenvalue weighted by Crippen LogP contribution is 2.37. The molecule has 0 radical (unpaired) electrons. The monoisotopic (exact) mass is 526 g/mol. The van der Waals surface area contributed by atoms with Gasteiger partial charge in [-0.05, 0) is 60.5 Å². The number of anilines is 1. The lowest BCUT2D eigenvalue weighted by molar-refractivity contribution is 0.0603. The predicted octanol–water partition coefficient (Wildman–Crippen LogP) is 7.13. The number of ether oxygens (including phenoxy) is 2. The molecule has 2 heterocycles. The van der Waals surface area contributed by atoms with E-state index in [1.807, 2.05) is 55.5 Å². The summed E-state index contributed by atoms with van der Waals surface area (Å²) in [5.41, 5.74) is 4.72. The van der Waals surface area contributed by atoms with E-state index in [2.05, 4.69) is 5.32 Å². The molecule has 2 aromatic heterocycles. The number of hydrogen-bond donors (Lipinski definition) is 1. The second kappa shape index (κ2) is 10.4. The molecular weight excluding hydrogens is 503 g/mol. The minimum Gasteiger partial charge on any atom is -0.497 e. The van der Waals surface area contributed by atoms with Crippen molar-refractivity contribution in [2.75, 3.05) is 19.5 Å². The van der Waals surface area contributed by atoms with E-state index >= 15 is 0 Å². The molecule has 6 nitrogen and oxygen atoms in total. The average Bonchev–Trinajstić information content (AvgIpc) is 3.36. The number of thiophene rings is 1. The molecule has 1 N–H and O–H groups in total. The van der Waals surface area contributed by atoms with Gasteiger partial charge in [-0.3, -0.25) is 4.79 Å². The topological polar surface area (TPSA) is 77.5 Å². The Labute approximate surface area is 222 Å². The van der Waals surface area contributed by atoms with Crippen molar-refractivity contribution in [2.24, 2.45) is 0 Å². The number of rotatable bonds is 6. The molecule has 0 saturated heterocycles. The Morgan fingerprint density at radius 3 is 2.26 bits per heavy atom. The lowest BCUT2D eigenvalue weighted by Crippen LogP contribution is -2.17. The van der Waals surface area contributed by atoms with Crippen LogP contribution < -0.4 is 10.1 Å². The Morgan fingerprint density at radius 1 is 0.895 bits per heavy atom. The van der Waals surface area contributed by atoms with Gasteiger partial charge < -0.3 is 14.8 Å². The summed E-state index contributed by atoms with van der Waals surface area (Å²) in [7, 11) is 2.88. The zero-order valence-corrected chi connectivity index (χ0v) is 21.7. The highest BCUT2D eigenvalue weighted by molar-refractivity contribution is 7.15. The summed E-state index contributed by atoms with van der Waals surface area (Å²) in [5, 5.41) is 5.71. The summed E-state index contributed by atoms with van der Waals surface area (Å²) in [6, 6.07) is 20.7. The van der Waals surface area contributed by atoms with Crippen molar-refractivity contribution in [1.29, 1.82) is 0 Å². The van der Waals surface area contributed by atoms with Gasteiger partial charge in [-0.25, -0.2) is 14.2 Å². The average molecular weight is 527 g/mol. The van der Waals surface area contributed by atoms with Crippen LogP contribution in [-0.4, -0.2) is 31.1 Å². The van der Waals surface area contributed by atoms with E-state index in [0.29, 0.717) is 43.9 Å². The van der Waals surface area contributed by atoms with Crippen molar-refractivity contribution in [3.8, 4) is 28.1 Å². The van der Waals surface area contributed by atoms with E-state index in [1.54, 1.807) is 24.6 Å². The van der Waals surface area contributed by atoms with Gasteiger partial charge in [0.05, 0.1) is 31.0 Å². The normalized spacial score (nSPS) is 10.8. The molecular formula is C30H23FN2O4S. The Balaban J connectivity index is 1.61. The van der Waals surface area contributed by atoms with Crippen LogP contribution in [0.1, 0.15) is 26.3 Å². The Morgan fingerprint density at radius 2 is 1.58 bits per heavy atom. The van der Waals surface area contributed by atoms with Crippen molar-refractivity contribution < 1.29 is 23.5 Å². The molecule has 0 aliphatic rings. The number of nitrogens with one attached hydrogen (secondary N) is 1. The number of pyridine rings is 1. The second-order valence-electron chi connectivity index (χ2n) is 8.51. The van der Waals surface area contributed by atoms with Gasteiger partial charge in [0.25, 0.3) is 5.91 Å². The molecule has 38 heavy (non-hydrogen) atoms. The number of benzene rings is 3. The first kappa shape index (κ1) is 25.1. The van der Waals surface area contributed by atoms with Gasteiger partial charge in [-0.15, -0.1) is 11.3 Å². The number of aromatic nitrogens is 1. The van der Waals surface area contributed by atoms with E-state index in [4.69, 9.17) is 14.5 Å². The molecule has 0 atom stereocenters. The van der Waals surface area contributed by atoms with Gasteiger partial charge in [0, 0.05) is 21.9 Å². The largest absolute Gasteiger partial charge is 0.497 e. The van der Waals surface area contributed by atoms with E-state index < -0.39 is 5.97 Å². The van der Waals surface area contributed by atoms with Gasteiger partial charge in [-0.1, -0.05) is 30.3 Å². The number of methoxy groups -OCH3 is 2. The molecule has 190 valence electrons. The first-order valence-electron chi connectivity index (χ1n) is 11.7. The third kappa shape index (κ3) is 4.62. The highest BCUT2D eigenvalue weighted by atomic mass is 32.1. The second-order valence-corrected chi connectivity index (χ2v) is 9.39. The Bertz CT molecular complexity index is 1660. The molecule has 8 heteroatoms. The summed E-state index contributed by atoms with van der Waals surface area (Å²) in [4.78, 5) is 31.5. The van der Waals surface area contributed by atoms with Crippen LogP contribution >= 0.6 is 11.3 Å². The number of halogens is 1. The minimum atomic E-state index is -0.601. The van der Waals surface area contributed by atoms with Crippen molar-refractivity contribution in [1.82, 2.24) is 4.98 Å². The first-order chi connectivity index (χ1) is 18.4. The molecule has 5 aromatic rings. The Hall–Kier alpha value is -4.56. The van der Waals surface area contributed by atoms with Crippen LogP contribution in [0.2, 0.25) is 0 Å². The van der Waals surface area contributed by atoms with Crippen LogP contribution in [0, 0.1) is 12.7 Å². The summed E-state index contributed by atoms with van der Waals surface area (Å²) in [6.07, 6.45) is 0. The first-order valence-corrected chi connectivity index (χ1v) is 12.6. The fraction of sp³-hybridized carbons (Fsp3) is 0.100. The number of para-hydroxylation sites is 1. The number of carbonyl (C=O) groups is 2. The molecule has 0 bridgehead atoms. The number of esters is 1. The van der Waals surface area contributed by atoms with Gasteiger partial charge >= 0.3 is 5.97 Å². The van der Waals surface area contributed by atoms with Gasteiger partial charge in [-0.2, -0.15) is 0 Å². The summed E-state index contributed by atoms with van der Waals surface area (Å²) >= 11 is 1.20. The smallest absolute Gasteiger partial charge is 0.341 e. The summed E-state index contributed by atoms with van der Waals surface area (Å²) in [6.45, 7) is 1.85. The maximum atomic E-state index is 13.8. The number of carbonyl (C=O) groups excluding carboxylic acids is 2. The molecule has 0 saturated carbocycles. The molecule has 0 aliphatic heterocycles. The molecule has 0 unspecified atom stereocenters. The van der Waals surface area contributed by atoms with Crippen LogP contribution in [0.5, 0.6) is 5.75 Å². The van der Waals surface area contributed by atoms with E-state index in [-0.39, 0.29) is 17.3 Å². The van der Waals surface area contributed by atoms with Crippen molar-refractivity contribution in [3.63, 3.8) is 0 Å². The number of nitrogens with zero attached hydrogens (tertiary/aromatic N) is 1. The lowest BCUT2D eigenvalue weighted by atomic mass is 9.97. The van der Waals surface area contributed by atoms with Crippen molar-refractivity contribution >= 4 is 39.1 Å². The van der Waals surface area contributed by atoms with Crippen molar-refractivity contribution in [3.05, 3.63) is 101 Å². The molecule has 0 spiro atoms. The molecule has 5 rings (SSSR count). The zero-order valence-electron chi connectivity index (χ0n) is 20.9. The number of hydrogen-bond acceptors (Lipinski definition) is 6. The van der Waals surface area contributed by atoms with Crippen LogP contribution in [0.3, 0.4) is 0 Å². The van der Waals surface area contributed by atoms with E-state index in [0.717, 1.165) is 11.3 Å². The van der Waals surface area contributed by atoms with Crippen LogP contribution in [-0.2, 0) is 4.74 Å². The highest BCUT2D eigenvalue weighted by Gasteiger charge is 2.25. The van der Waals surface area contributed by atoms with Gasteiger partial charge in [0.15, 0.2) is 0 Å². The molecule has 1 amide bonds. The zero-order chi connectivity index (χ0) is 26.8. The van der Waals surface area contributed by atoms with Crippen LogP contribution in [0.25, 0.3) is 33.3 Å². The van der Waals surface area contributed by atoms with Crippen molar-refractivity contribution in [2.45, 2.75) is 6.92 Å². The summed E-state index contributed by atoms with van der Waals surface area (Å²) < 4.78 is 23.8. The van der Waals surface area contributed by atoms with Crippen LogP contribution in [0.15, 0.2) is 78.2 Å². The SMILES string of the molecule is COC(=O)c1c(-c2ccc(F)cc2)csc1NC(=O)c1c(C)c(-c2ccc(OC)cc2)nc2ccccc12.